The van der Waals surface area contributed by atoms with E-state index in [9.17, 15) is 18.0 Å². The Balaban J connectivity index is 1.91. The van der Waals surface area contributed by atoms with E-state index in [1.807, 2.05) is 0 Å². The molecule has 8 nitrogen and oxygen atoms in total. The number of anilines is 1. The average molecular weight is 361 g/mol. The van der Waals surface area contributed by atoms with Gasteiger partial charge in [0, 0.05) is 5.69 Å². The fourth-order valence-corrected chi connectivity index (χ4v) is 3.39. The number of nitrogens with one attached hydrogen (secondary N) is 3. The summed E-state index contributed by atoms with van der Waals surface area (Å²) < 4.78 is 32.4. The molecule has 0 aliphatic heterocycles. The van der Waals surface area contributed by atoms with E-state index in [0.717, 1.165) is 0 Å². The van der Waals surface area contributed by atoms with E-state index in [2.05, 4.69) is 14.7 Å². The molecular weight excluding hydrogens is 346 g/mol. The van der Waals surface area contributed by atoms with Gasteiger partial charge in [0.1, 0.15) is 0 Å². The van der Waals surface area contributed by atoms with Crippen LogP contribution >= 0.6 is 0 Å². The number of carbonyl (C=O) groups excluding carboxylic acids is 1. The molecule has 1 aromatic heterocycles. The van der Waals surface area contributed by atoms with Gasteiger partial charge in [0.25, 0.3) is 10.0 Å². The van der Waals surface area contributed by atoms with Gasteiger partial charge in [-0.05, 0) is 43.3 Å². The van der Waals surface area contributed by atoms with Crippen molar-refractivity contribution in [1.29, 1.82) is 0 Å². The zero-order chi connectivity index (χ0) is 18.0. The maximum Gasteiger partial charge on any atom is 0.338 e. The number of benzene rings is 2. The Morgan fingerprint density at radius 1 is 1.12 bits per heavy atom. The lowest BCUT2D eigenvalue weighted by atomic mass is 10.2. The summed E-state index contributed by atoms with van der Waals surface area (Å²) >= 11 is 0. The van der Waals surface area contributed by atoms with Crippen molar-refractivity contribution in [1.82, 2.24) is 9.97 Å². The standard InChI is InChI=1S/C16H15N3O5S/c1-2-24-15(20)10-4-3-5-11(8-10)19-25(22,23)12-6-7-13-14(9-12)18-16(21)17-13/h3-9,19H,2H2,1H3,(H2,17,18,21). The number of sulfonamides is 1. The maximum absolute atomic E-state index is 12.5. The first-order chi connectivity index (χ1) is 11.9. The van der Waals surface area contributed by atoms with Gasteiger partial charge in [-0.2, -0.15) is 0 Å². The Kier molecular flexibility index (Phi) is 4.32. The Morgan fingerprint density at radius 2 is 1.88 bits per heavy atom. The molecule has 0 aliphatic carbocycles. The molecular formula is C16H15N3O5S. The van der Waals surface area contributed by atoms with Crippen molar-refractivity contribution in [2.45, 2.75) is 11.8 Å². The second kappa shape index (κ2) is 6.44. The average Bonchev–Trinajstić information content (AvgIpc) is 2.94. The molecule has 0 aliphatic rings. The van der Waals surface area contributed by atoms with E-state index in [1.165, 1.54) is 36.4 Å². The third kappa shape index (κ3) is 3.56. The SMILES string of the molecule is CCOC(=O)c1cccc(NS(=O)(=O)c2ccc3[nH]c(=O)[nH]c3c2)c1. The Bertz CT molecular complexity index is 1100. The van der Waals surface area contributed by atoms with Crippen molar-refractivity contribution in [2.24, 2.45) is 0 Å². The molecule has 130 valence electrons. The number of ether oxygens (including phenoxy) is 1. The Morgan fingerprint density at radius 3 is 2.64 bits per heavy atom. The summed E-state index contributed by atoms with van der Waals surface area (Å²) in [4.78, 5) is 28.1. The highest BCUT2D eigenvalue weighted by Gasteiger charge is 2.16. The van der Waals surface area contributed by atoms with Crippen LogP contribution in [0.2, 0.25) is 0 Å². The topological polar surface area (TPSA) is 121 Å². The summed E-state index contributed by atoms with van der Waals surface area (Å²) in [7, 11) is -3.89. The number of carbonyl (C=O) groups is 1. The second-order valence-corrected chi connectivity index (χ2v) is 6.88. The van der Waals surface area contributed by atoms with Gasteiger partial charge in [-0.3, -0.25) is 4.72 Å². The smallest absolute Gasteiger partial charge is 0.338 e. The first kappa shape index (κ1) is 16.8. The van der Waals surface area contributed by atoms with Crippen LogP contribution in [0.5, 0.6) is 0 Å². The number of hydrogen-bond donors (Lipinski definition) is 3. The van der Waals surface area contributed by atoms with Gasteiger partial charge in [-0.25, -0.2) is 18.0 Å². The summed E-state index contributed by atoms with van der Waals surface area (Å²) in [6, 6.07) is 10.2. The third-order valence-electron chi connectivity index (χ3n) is 3.42. The van der Waals surface area contributed by atoms with Gasteiger partial charge in [0.2, 0.25) is 0 Å². The van der Waals surface area contributed by atoms with Crippen molar-refractivity contribution >= 4 is 32.7 Å². The zero-order valence-electron chi connectivity index (χ0n) is 13.2. The fraction of sp³-hybridized carbons (Fsp3) is 0.125. The van der Waals surface area contributed by atoms with Crippen LogP contribution in [0.1, 0.15) is 17.3 Å². The molecule has 0 saturated heterocycles. The van der Waals surface area contributed by atoms with Gasteiger partial charge in [-0.15, -0.1) is 0 Å². The quantitative estimate of drug-likeness (QED) is 0.599. The number of aromatic nitrogens is 2. The minimum absolute atomic E-state index is 0.0169. The second-order valence-electron chi connectivity index (χ2n) is 5.19. The number of imidazole rings is 1. The molecule has 1 heterocycles. The molecule has 0 amide bonds. The largest absolute Gasteiger partial charge is 0.462 e. The summed E-state index contributed by atoms with van der Waals surface area (Å²) in [5.74, 6) is -0.533. The van der Waals surface area contributed by atoms with Crippen molar-refractivity contribution in [3.8, 4) is 0 Å². The van der Waals surface area contributed by atoms with E-state index in [1.54, 1.807) is 13.0 Å². The molecule has 9 heteroatoms. The lowest BCUT2D eigenvalue weighted by molar-refractivity contribution is 0.0526. The Labute approximate surface area is 142 Å². The first-order valence-electron chi connectivity index (χ1n) is 7.41. The molecule has 0 fully saturated rings. The molecule has 0 saturated carbocycles. The maximum atomic E-state index is 12.5. The van der Waals surface area contributed by atoms with Crippen LogP contribution in [0.25, 0.3) is 11.0 Å². The molecule has 3 N–H and O–H groups in total. The van der Waals surface area contributed by atoms with Crippen LogP contribution in [0.15, 0.2) is 52.2 Å². The van der Waals surface area contributed by atoms with Gasteiger partial charge in [-0.1, -0.05) is 6.07 Å². The number of hydrogen-bond acceptors (Lipinski definition) is 5. The number of aromatic amines is 2. The van der Waals surface area contributed by atoms with Crippen LogP contribution < -0.4 is 10.4 Å². The van der Waals surface area contributed by atoms with Crippen molar-refractivity contribution in [3.05, 3.63) is 58.5 Å². The fourth-order valence-electron chi connectivity index (χ4n) is 2.32. The molecule has 3 aromatic rings. The van der Waals surface area contributed by atoms with Crippen LogP contribution in [-0.4, -0.2) is 31.0 Å². The molecule has 0 atom stereocenters. The molecule has 3 rings (SSSR count). The summed E-state index contributed by atoms with van der Waals surface area (Å²) in [5.41, 5.74) is 0.946. The summed E-state index contributed by atoms with van der Waals surface area (Å²) in [6.45, 7) is 1.91. The molecule has 2 aromatic carbocycles. The molecule has 0 radical (unpaired) electrons. The van der Waals surface area contributed by atoms with Crippen molar-refractivity contribution in [3.63, 3.8) is 0 Å². The zero-order valence-corrected chi connectivity index (χ0v) is 14.0. The van der Waals surface area contributed by atoms with Crippen molar-refractivity contribution in [2.75, 3.05) is 11.3 Å². The molecule has 0 spiro atoms. The number of esters is 1. The first-order valence-corrected chi connectivity index (χ1v) is 8.89. The third-order valence-corrected chi connectivity index (χ3v) is 4.80. The van der Waals surface area contributed by atoms with E-state index in [4.69, 9.17) is 4.74 Å². The number of H-pyrrole nitrogens is 2. The van der Waals surface area contributed by atoms with Gasteiger partial charge in [0.15, 0.2) is 0 Å². The van der Waals surface area contributed by atoms with E-state index in [0.29, 0.717) is 11.0 Å². The van der Waals surface area contributed by atoms with Gasteiger partial charge >= 0.3 is 11.7 Å². The van der Waals surface area contributed by atoms with E-state index >= 15 is 0 Å². The lowest BCUT2D eigenvalue weighted by Gasteiger charge is -2.09. The minimum atomic E-state index is -3.89. The predicted molar refractivity (Wildman–Crippen MR) is 92.1 cm³/mol. The van der Waals surface area contributed by atoms with Crippen LogP contribution in [-0.2, 0) is 14.8 Å². The summed E-state index contributed by atoms with van der Waals surface area (Å²) in [5, 5.41) is 0. The number of fused-ring (bicyclic) bond motifs is 1. The normalized spacial score (nSPS) is 11.4. The molecule has 0 unspecified atom stereocenters. The minimum Gasteiger partial charge on any atom is -0.462 e. The number of rotatable bonds is 5. The highest BCUT2D eigenvalue weighted by molar-refractivity contribution is 7.92. The highest BCUT2D eigenvalue weighted by Crippen LogP contribution is 2.20. The van der Waals surface area contributed by atoms with Gasteiger partial charge < -0.3 is 14.7 Å². The monoisotopic (exact) mass is 361 g/mol. The van der Waals surface area contributed by atoms with Crippen LogP contribution in [0.4, 0.5) is 5.69 Å². The lowest BCUT2D eigenvalue weighted by Crippen LogP contribution is -2.13. The van der Waals surface area contributed by atoms with E-state index in [-0.39, 0.29) is 22.8 Å². The van der Waals surface area contributed by atoms with Gasteiger partial charge in [0.05, 0.1) is 28.1 Å². The summed E-state index contributed by atoms with van der Waals surface area (Å²) in [6.07, 6.45) is 0. The van der Waals surface area contributed by atoms with Crippen molar-refractivity contribution < 1.29 is 17.9 Å². The predicted octanol–water partition coefficient (Wildman–Crippen LogP) is 1.83. The van der Waals surface area contributed by atoms with E-state index < -0.39 is 21.7 Å². The molecule has 0 bridgehead atoms. The van der Waals surface area contributed by atoms with Crippen LogP contribution in [0, 0.1) is 0 Å². The molecule has 25 heavy (non-hydrogen) atoms. The Hall–Kier alpha value is -3.07. The highest BCUT2D eigenvalue weighted by atomic mass is 32.2. The van der Waals surface area contributed by atoms with Crippen LogP contribution in [0.3, 0.4) is 0 Å².